The van der Waals surface area contributed by atoms with Crippen LogP contribution < -0.4 is 5.73 Å². The Morgan fingerprint density at radius 2 is 1.50 bits per heavy atom. The summed E-state index contributed by atoms with van der Waals surface area (Å²) in [6, 6.07) is 23.3. The van der Waals surface area contributed by atoms with E-state index < -0.39 is 0 Å². The predicted molar refractivity (Wildman–Crippen MR) is 121 cm³/mol. The third kappa shape index (κ3) is 3.58. The van der Waals surface area contributed by atoms with E-state index in [-0.39, 0.29) is 0 Å². The van der Waals surface area contributed by atoms with Gasteiger partial charge in [-0.2, -0.15) is 0 Å². The summed E-state index contributed by atoms with van der Waals surface area (Å²) in [5, 5.41) is 1.97. The minimum absolute atomic E-state index is 0.718. The van der Waals surface area contributed by atoms with Gasteiger partial charge in [-0.25, -0.2) is 0 Å². The summed E-state index contributed by atoms with van der Waals surface area (Å²) in [5.74, 6) is 0. The standard InChI is InChI=1S/C25H25ClN2/c1-17-10-15-22(26)23-21(9-5-6-16-27)25(28-24(17)23)20-13-11-19(12-14-20)18-7-3-2-4-8-18/h2-4,7-8,10-15,28H,5-6,9,16,27H2,1H3. The number of nitrogens with two attached hydrogens (primary N) is 1. The maximum atomic E-state index is 6.61. The van der Waals surface area contributed by atoms with Crippen molar-refractivity contribution in [2.45, 2.75) is 26.2 Å². The van der Waals surface area contributed by atoms with E-state index in [4.69, 9.17) is 17.3 Å². The molecule has 3 N–H and O–H groups in total. The zero-order valence-electron chi connectivity index (χ0n) is 16.1. The van der Waals surface area contributed by atoms with E-state index in [0.29, 0.717) is 0 Å². The molecule has 0 aliphatic rings. The zero-order valence-corrected chi connectivity index (χ0v) is 16.9. The average Bonchev–Trinajstić information content (AvgIpc) is 3.13. The largest absolute Gasteiger partial charge is 0.354 e. The number of unbranched alkanes of at least 4 members (excludes halogenated alkanes) is 1. The monoisotopic (exact) mass is 388 g/mol. The molecular weight excluding hydrogens is 364 g/mol. The van der Waals surface area contributed by atoms with Crippen LogP contribution in [0.25, 0.3) is 33.3 Å². The van der Waals surface area contributed by atoms with Gasteiger partial charge in [0, 0.05) is 11.1 Å². The number of halogens is 1. The fraction of sp³-hybridized carbons (Fsp3) is 0.200. The van der Waals surface area contributed by atoms with Crippen LogP contribution in [-0.4, -0.2) is 11.5 Å². The van der Waals surface area contributed by atoms with Gasteiger partial charge >= 0.3 is 0 Å². The molecule has 3 heteroatoms. The Balaban J connectivity index is 1.80. The molecule has 0 unspecified atom stereocenters. The first-order valence-electron chi connectivity index (χ1n) is 9.84. The van der Waals surface area contributed by atoms with Crippen LogP contribution >= 0.6 is 11.6 Å². The second-order valence-corrected chi connectivity index (χ2v) is 7.69. The van der Waals surface area contributed by atoms with E-state index in [1.54, 1.807) is 0 Å². The third-order valence-corrected chi connectivity index (χ3v) is 5.69. The molecule has 0 amide bonds. The highest BCUT2D eigenvalue weighted by Crippen LogP contribution is 2.37. The van der Waals surface area contributed by atoms with E-state index >= 15 is 0 Å². The van der Waals surface area contributed by atoms with Crippen molar-refractivity contribution in [2.24, 2.45) is 5.73 Å². The quantitative estimate of drug-likeness (QED) is 0.352. The highest BCUT2D eigenvalue weighted by molar-refractivity contribution is 6.36. The fourth-order valence-electron chi connectivity index (χ4n) is 3.87. The highest BCUT2D eigenvalue weighted by atomic mass is 35.5. The molecule has 0 saturated carbocycles. The first kappa shape index (κ1) is 18.8. The van der Waals surface area contributed by atoms with Gasteiger partial charge in [0.25, 0.3) is 0 Å². The van der Waals surface area contributed by atoms with Crippen LogP contribution in [0.3, 0.4) is 0 Å². The second kappa shape index (κ2) is 8.22. The Morgan fingerprint density at radius 3 is 2.21 bits per heavy atom. The molecule has 4 aromatic rings. The number of hydrogen-bond donors (Lipinski definition) is 2. The lowest BCUT2D eigenvalue weighted by Crippen LogP contribution is -1.99. The van der Waals surface area contributed by atoms with Crippen molar-refractivity contribution in [2.75, 3.05) is 6.54 Å². The molecule has 0 fully saturated rings. The smallest absolute Gasteiger partial charge is 0.0506 e. The van der Waals surface area contributed by atoms with Gasteiger partial charge < -0.3 is 10.7 Å². The zero-order chi connectivity index (χ0) is 19.5. The average molecular weight is 389 g/mol. The van der Waals surface area contributed by atoms with Gasteiger partial charge in [0.15, 0.2) is 0 Å². The SMILES string of the molecule is Cc1ccc(Cl)c2c(CCCCN)c(-c3ccc(-c4ccccc4)cc3)[nH]c12. The van der Waals surface area contributed by atoms with Crippen LogP contribution in [0.15, 0.2) is 66.7 Å². The first-order valence-corrected chi connectivity index (χ1v) is 10.2. The molecule has 0 aliphatic carbocycles. The van der Waals surface area contributed by atoms with Crippen LogP contribution in [0, 0.1) is 6.92 Å². The van der Waals surface area contributed by atoms with Crippen molar-refractivity contribution < 1.29 is 0 Å². The number of fused-ring (bicyclic) bond motifs is 1. The summed E-state index contributed by atoms with van der Waals surface area (Å²) in [6.07, 6.45) is 3.04. The molecule has 4 rings (SSSR count). The van der Waals surface area contributed by atoms with Crippen molar-refractivity contribution in [3.8, 4) is 22.4 Å². The second-order valence-electron chi connectivity index (χ2n) is 7.28. The van der Waals surface area contributed by atoms with E-state index in [0.717, 1.165) is 41.7 Å². The van der Waals surface area contributed by atoms with E-state index in [1.807, 2.05) is 12.1 Å². The molecular formula is C25H25ClN2. The van der Waals surface area contributed by atoms with Crippen LogP contribution in [-0.2, 0) is 6.42 Å². The first-order chi connectivity index (χ1) is 13.7. The Kier molecular flexibility index (Phi) is 5.52. The van der Waals surface area contributed by atoms with Gasteiger partial charge in [-0.15, -0.1) is 0 Å². The van der Waals surface area contributed by atoms with Crippen LogP contribution in [0.5, 0.6) is 0 Å². The predicted octanol–water partition coefficient (Wildman–Crippen LogP) is 6.75. The van der Waals surface area contributed by atoms with Gasteiger partial charge in [0.2, 0.25) is 0 Å². The molecule has 0 atom stereocenters. The molecule has 0 bridgehead atoms. The number of hydrogen-bond acceptors (Lipinski definition) is 1. The van der Waals surface area contributed by atoms with E-state index in [2.05, 4.69) is 66.5 Å². The molecule has 0 spiro atoms. The summed E-state index contributed by atoms with van der Waals surface area (Å²) in [7, 11) is 0. The van der Waals surface area contributed by atoms with E-state index in [9.17, 15) is 0 Å². The number of benzene rings is 3. The number of H-pyrrole nitrogens is 1. The Hall–Kier alpha value is -2.55. The summed E-state index contributed by atoms with van der Waals surface area (Å²) < 4.78 is 0. The van der Waals surface area contributed by atoms with E-state index in [1.165, 1.54) is 33.5 Å². The van der Waals surface area contributed by atoms with Gasteiger partial charge in [0.1, 0.15) is 0 Å². The van der Waals surface area contributed by atoms with Gasteiger partial charge in [0.05, 0.1) is 10.5 Å². The Morgan fingerprint density at radius 1 is 0.821 bits per heavy atom. The molecule has 142 valence electrons. The molecule has 28 heavy (non-hydrogen) atoms. The lowest BCUT2D eigenvalue weighted by Gasteiger charge is -2.08. The van der Waals surface area contributed by atoms with Gasteiger partial charge in [-0.3, -0.25) is 0 Å². The lowest BCUT2D eigenvalue weighted by molar-refractivity contribution is 0.748. The third-order valence-electron chi connectivity index (χ3n) is 5.38. The van der Waals surface area contributed by atoms with Gasteiger partial charge in [-0.1, -0.05) is 72.3 Å². The summed E-state index contributed by atoms with van der Waals surface area (Å²) >= 11 is 6.61. The number of aromatic amines is 1. The Labute approximate surface area is 171 Å². The topological polar surface area (TPSA) is 41.8 Å². The molecule has 1 heterocycles. The number of rotatable bonds is 6. The molecule has 3 aromatic carbocycles. The van der Waals surface area contributed by atoms with Crippen LogP contribution in [0.4, 0.5) is 0 Å². The number of aryl methyl sites for hydroxylation is 2. The molecule has 2 nitrogen and oxygen atoms in total. The van der Waals surface area contributed by atoms with Crippen LogP contribution in [0.2, 0.25) is 5.02 Å². The number of nitrogens with one attached hydrogen (secondary N) is 1. The van der Waals surface area contributed by atoms with Crippen molar-refractivity contribution in [1.82, 2.24) is 4.98 Å². The fourth-order valence-corrected chi connectivity index (χ4v) is 4.14. The maximum Gasteiger partial charge on any atom is 0.0506 e. The number of aromatic nitrogens is 1. The van der Waals surface area contributed by atoms with Crippen LogP contribution in [0.1, 0.15) is 24.0 Å². The highest BCUT2D eigenvalue weighted by Gasteiger charge is 2.17. The maximum absolute atomic E-state index is 6.61. The van der Waals surface area contributed by atoms with Gasteiger partial charge in [-0.05, 0) is 66.6 Å². The summed E-state index contributed by atoms with van der Waals surface area (Å²) in [6.45, 7) is 2.84. The van der Waals surface area contributed by atoms with Crippen molar-refractivity contribution >= 4 is 22.5 Å². The molecule has 0 aliphatic heterocycles. The van der Waals surface area contributed by atoms with Crippen molar-refractivity contribution in [1.29, 1.82) is 0 Å². The summed E-state index contributed by atoms with van der Waals surface area (Å²) in [4.78, 5) is 3.66. The minimum atomic E-state index is 0.718. The Bertz CT molecular complexity index is 1080. The molecule has 0 radical (unpaired) electrons. The molecule has 1 aromatic heterocycles. The molecule has 0 saturated heterocycles. The normalized spacial score (nSPS) is 11.2. The summed E-state index contributed by atoms with van der Waals surface area (Å²) in [5.41, 5.74) is 14.2. The van der Waals surface area contributed by atoms with Crippen molar-refractivity contribution in [3.63, 3.8) is 0 Å². The van der Waals surface area contributed by atoms with Crippen molar-refractivity contribution in [3.05, 3.63) is 82.9 Å². The minimum Gasteiger partial charge on any atom is -0.354 e. The lowest BCUT2D eigenvalue weighted by atomic mass is 9.98.